The lowest BCUT2D eigenvalue weighted by atomic mass is 10.1. The van der Waals surface area contributed by atoms with Crippen molar-refractivity contribution in [3.05, 3.63) is 15.6 Å². The molecule has 0 aliphatic heterocycles. The average Bonchev–Trinajstić information content (AvgIpc) is 2.68. The lowest BCUT2D eigenvalue weighted by Gasteiger charge is -2.19. The zero-order valence-electron chi connectivity index (χ0n) is 12.3. The summed E-state index contributed by atoms with van der Waals surface area (Å²) < 4.78 is 5.10. The number of carboxylic acids is 1. The molecular formula is C13H20N2O4S. The summed E-state index contributed by atoms with van der Waals surface area (Å²) in [6.07, 6.45) is -0.546. The highest BCUT2D eigenvalue weighted by molar-refractivity contribution is 7.12. The van der Waals surface area contributed by atoms with E-state index in [2.05, 4.69) is 10.3 Å². The second-order valence-corrected chi connectivity index (χ2v) is 6.75. The molecule has 0 aliphatic rings. The minimum Gasteiger partial charge on any atom is -0.476 e. The van der Waals surface area contributed by atoms with Gasteiger partial charge in [0.2, 0.25) is 0 Å². The molecule has 0 bridgehead atoms. The van der Waals surface area contributed by atoms with Crippen LogP contribution in [0.3, 0.4) is 0 Å². The van der Waals surface area contributed by atoms with Crippen molar-refractivity contribution < 1.29 is 19.4 Å². The van der Waals surface area contributed by atoms with Gasteiger partial charge in [-0.05, 0) is 26.7 Å². The normalized spacial score (nSPS) is 11.5. The van der Waals surface area contributed by atoms with E-state index >= 15 is 0 Å². The summed E-state index contributed by atoms with van der Waals surface area (Å²) in [5.41, 5.74) is -0.506. The van der Waals surface area contributed by atoms with Crippen molar-refractivity contribution in [3.63, 3.8) is 0 Å². The van der Waals surface area contributed by atoms with Gasteiger partial charge in [0.25, 0.3) is 0 Å². The van der Waals surface area contributed by atoms with Crippen LogP contribution in [0.25, 0.3) is 0 Å². The first kappa shape index (κ1) is 16.4. The molecule has 1 heterocycles. The van der Waals surface area contributed by atoms with Gasteiger partial charge in [0.1, 0.15) is 10.6 Å². The van der Waals surface area contributed by atoms with Gasteiger partial charge >= 0.3 is 12.1 Å². The molecule has 0 fully saturated rings. The lowest BCUT2D eigenvalue weighted by molar-refractivity contribution is 0.0523. The maximum Gasteiger partial charge on any atom is 0.408 e. The standard InChI is InChI=1S/C13H20N2O4S/c1-7(2)10-9(11(16)17)15-8(20-10)6-14-12(18)19-13(3,4)5/h7H,6H2,1-5H3,(H,14,18)(H,16,17). The van der Waals surface area contributed by atoms with E-state index < -0.39 is 17.7 Å². The highest BCUT2D eigenvalue weighted by Gasteiger charge is 2.21. The molecule has 1 aromatic heterocycles. The highest BCUT2D eigenvalue weighted by atomic mass is 32.1. The van der Waals surface area contributed by atoms with Gasteiger partial charge in [-0.2, -0.15) is 0 Å². The van der Waals surface area contributed by atoms with Crippen molar-refractivity contribution in [1.82, 2.24) is 10.3 Å². The van der Waals surface area contributed by atoms with Crippen LogP contribution in [0, 0.1) is 0 Å². The molecule has 2 N–H and O–H groups in total. The summed E-state index contributed by atoms with van der Waals surface area (Å²) in [6.45, 7) is 9.29. The molecule has 0 aliphatic carbocycles. The van der Waals surface area contributed by atoms with Crippen LogP contribution in [0.4, 0.5) is 4.79 Å². The average molecular weight is 300 g/mol. The third-order valence-electron chi connectivity index (χ3n) is 2.21. The van der Waals surface area contributed by atoms with E-state index in [0.717, 1.165) is 0 Å². The van der Waals surface area contributed by atoms with Crippen molar-refractivity contribution >= 4 is 23.4 Å². The smallest absolute Gasteiger partial charge is 0.408 e. The molecular weight excluding hydrogens is 280 g/mol. The fourth-order valence-corrected chi connectivity index (χ4v) is 2.46. The number of amides is 1. The molecule has 20 heavy (non-hydrogen) atoms. The van der Waals surface area contributed by atoms with Crippen molar-refractivity contribution in [2.45, 2.75) is 52.7 Å². The Balaban J connectivity index is 2.72. The highest BCUT2D eigenvalue weighted by Crippen LogP contribution is 2.26. The third-order valence-corrected chi connectivity index (χ3v) is 3.56. The van der Waals surface area contributed by atoms with Crippen LogP contribution >= 0.6 is 11.3 Å². The summed E-state index contributed by atoms with van der Waals surface area (Å²) in [7, 11) is 0. The number of carbonyl (C=O) groups is 2. The Morgan fingerprint density at radius 2 is 2.00 bits per heavy atom. The summed E-state index contributed by atoms with van der Waals surface area (Å²) in [5, 5.41) is 12.2. The van der Waals surface area contributed by atoms with Crippen LogP contribution in [0.2, 0.25) is 0 Å². The molecule has 1 aromatic rings. The van der Waals surface area contributed by atoms with E-state index in [-0.39, 0.29) is 18.2 Å². The van der Waals surface area contributed by atoms with Gasteiger partial charge in [-0.1, -0.05) is 13.8 Å². The van der Waals surface area contributed by atoms with Crippen LogP contribution in [-0.2, 0) is 11.3 Å². The molecule has 112 valence electrons. The molecule has 0 aromatic carbocycles. The van der Waals surface area contributed by atoms with Gasteiger partial charge in [0, 0.05) is 4.88 Å². The molecule has 0 unspecified atom stereocenters. The maximum absolute atomic E-state index is 11.5. The molecule has 0 saturated carbocycles. The molecule has 0 radical (unpaired) electrons. The number of hydrogen-bond donors (Lipinski definition) is 2. The maximum atomic E-state index is 11.5. The van der Waals surface area contributed by atoms with E-state index in [9.17, 15) is 9.59 Å². The number of carboxylic acid groups (broad SMARTS) is 1. The van der Waals surface area contributed by atoms with Crippen molar-refractivity contribution in [2.75, 3.05) is 0 Å². The summed E-state index contributed by atoms with van der Waals surface area (Å²) >= 11 is 1.29. The first-order chi connectivity index (χ1) is 9.10. The van der Waals surface area contributed by atoms with Gasteiger partial charge < -0.3 is 15.2 Å². The predicted octanol–water partition coefficient (Wildman–Crippen LogP) is 2.99. The van der Waals surface area contributed by atoms with Crippen LogP contribution in [0.15, 0.2) is 0 Å². The van der Waals surface area contributed by atoms with Gasteiger partial charge in [-0.15, -0.1) is 11.3 Å². The molecule has 6 nitrogen and oxygen atoms in total. The Kier molecular flexibility index (Phi) is 5.10. The SMILES string of the molecule is CC(C)c1sc(CNC(=O)OC(C)(C)C)nc1C(=O)O. The first-order valence-corrected chi connectivity index (χ1v) is 7.11. The largest absolute Gasteiger partial charge is 0.476 e. The third kappa shape index (κ3) is 4.80. The number of alkyl carbamates (subject to hydrolysis) is 1. The Morgan fingerprint density at radius 1 is 1.40 bits per heavy atom. The molecule has 1 amide bonds. The van der Waals surface area contributed by atoms with Crippen LogP contribution in [0.5, 0.6) is 0 Å². The van der Waals surface area contributed by atoms with E-state index in [4.69, 9.17) is 9.84 Å². The van der Waals surface area contributed by atoms with Crippen molar-refractivity contribution in [1.29, 1.82) is 0 Å². The van der Waals surface area contributed by atoms with Crippen LogP contribution in [0.1, 0.15) is 60.9 Å². The second-order valence-electron chi connectivity index (χ2n) is 5.64. The predicted molar refractivity (Wildman–Crippen MR) is 76.2 cm³/mol. The van der Waals surface area contributed by atoms with Gasteiger partial charge in [-0.25, -0.2) is 14.6 Å². The Labute approximate surface area is 122 Å². The number of nitrogens with one attached hydrogen (secondary N) is 1. The lowest BCUT2D eigenvalue weighted by Crippen LogP contribution is -2.32. The Bertz CT molecular complexity index is 503. The number of thiazole rings is 1. The fraction of sp³-hybridized carbons (Fsp3) is 0.615. The zero-order chi connectivity index (χ0) is 15.5. The number of aromatic carboxylic acids is 1. The number of rotatable bonds is 4. The van der Waals surface area contributed by atoms with Crippen LogP contribution in [-0.4, -0.2) is 27.8 Å². The van der Waals surface area contributed by atoms with Gasteiger partial charge in [0.15, 0.2) is 5.69 Å². The van der Waals surface area contributed by atoms with E-state index in [1.165, 1.54) is 11.3 Å². The summed E-state index contributed by atoms with van der Waals surface area (Å²) in [5.74, 6) is -0.970. The van der Waals surface area contributed by atoms with Crippen molar-refractivity contribution in [3.8, 4) is 0 Å². The summed E-state index contributed by atoms with van der Waals surface area (Å²) in [6, 6.07) is 0. The number of aromatic nitrogens is 1. The van der Waals surface area contributed by atoms with E-state index in [0.29, 0.717) is 9.88 Å². The van der Waals surface area contributed by atoms with Crippen LogP contribution < -0.4 is 5.32 Å². The topological polar surface area (TPSA) is 88.5 Å². The van der Waals surface area contributed by atoms with Gasteiger partial charge in [-0.3, -0.25) is 0 Å². The molecule has 7 heteroatoms. The van der Waals surface area contributed by atoms with E-state index in [1.807, 2.05) is 13.8 Å². The Morgan fingerprint density at radius 3 is 2.40 bits per heavy atom. The molecule has 0 spiro atoms. The molecule has 1 rings (SSSR count). The molecule has 0 atom stereocenters. The minimum atomic E-state index is -1.05. The number of nitrogens with zero attached hydrogens (tertiary/aromatic N) is 1. The Hall–Kier alpha value is -1.63. The number of carbonyl (C=O) groups excluding carboxylic acids is 1. The molecule has 0 saturated heterocycles. The summed E-state index contributed by atoms with van der Waals surface area (Å²) in [4.78, 5) is 27.4. The minimum absolute atomic E-state index is 0.0611. The first-order valence-electron chi connectivity index (χ1n) is 6.30. The van der Waals surface area contributed by atoms with E-state index in [1.54, 1.807) is 20.8 Å². The number of ether oxygens (including phenoxy) is 1. The van der Waals surface area contributed by atoms with Crippen molar-refractivity contribution in [2.24, 2.45) is 0 Å². The fourth-order valence-electron chi connectivity index (χ4n) is 1.46. The second kappa shape index (κ2) is 6.21. The quantitative estimate of drug-likeness (QED) is 0.892. The monoisotopic (exact) mass is 300 g/mol. The van der Waals surface area contributed by atoms with Gasteiger partial charge in [0.05, 0.1) is 6.54 Å². The number of hydrogen-bond acceptors (Lipinski definition) is 5. The zero-order valence-corrected chi connectivity index (χ0v) is 13.1.